The van der Waals surface area contributed by atoms with Gasteiger partial charge in [-0.05, 0) is 42.0 Å². The second-order valence-electron chi connectivity index (χ2n) is 7.74. The Labute approximate surface area is 196 Å². The van der Waals surface area contributed by atoms with Gasteiger partial charge in [0.2, 0.25) is 0 Å². The van der Waals surface area contributed by atoms with Crippen molar-refractivity contribution in [2.75, 3.05) is 7.11 Å². The van der Waals surface area contributed by atoms with Gasteiger partial charge in [0.25, 0.3) is 11.8 Å². The van der Waals surface area contributed by atoms with Crippen LogP contribution in [-0.2, 0) is 18.4 Å². The van der Waals surface area contributed by atoms with Gasteiger partial charge in [-0.15, -0.1) is 0 Å². The highest BCUT2D eigenvalue weighted by molar-refractivity contribution is 6.06. The molecule has 0 aliphatic rings. The fourth-order valence-electron chi connectivity index (χ4n) is 3.66. The maximum absolute atomic E-state index is 14.2. The predicted octanol–water partition coefficient (Wildman–Crippen LogP) is 4.41. The lowest BCUT2D eigenvalue weighted by atomic mass is 10.1. The normalized spacial score (nSPS) is 11.3. The third-order valence-electron chi connectivity index (χ3n) is 5.45. The van der Waals surface area contributed by atoms with Crippen molar-refractivity contribution in [3.05, 3.63) is 107 Å². The number of aryl methyl sites for hydroxylation is 1. The van der Waals surface area contributed by atoms with Gasteiger partial charge in [0, 0.05) is 36.3 Å². The van der Waals surface area contributed by atoms with Crippen LogP contribution in [-0.4, -0.2) is 23.5 Å². The highest BCUT2D eigenvalue weighted by atomic mass is 19.1. The maximum Gasteiger partial charge on any atom is 0.268 e. The maximum atomic E-state index is 14.2. The number of fused-ring (bicyclic) bond motifs is 1. The van der Waals surface area contributed by atoms with Crippen LogP contribution in [0.4, 0.5) is 4.39 Å². The predicted molar refractivity (Wildman–Crippen MR) is 130 cm³/mol. The van der Waals surface area contributed by atoms with E-state index in [2.05, 4.69) is 10.6 Å². The molecule has 2 N–H and O–H groups in total. The Morgan fingerprint density at radius 2 is 1.71 bits per heavy atom. The van der Waals surface area contributed by atoms with E-state index in [4.69, 9.17) is 4.74 Å². The first-order valence-electron chi connectivity index (χ1n) is 10.7. The van der Waals surface area contributed by atoms with E-state index in [1.54, 1.807) is 31.4 Å². The Bertz CT molecular complexity index is 1370. The quantitative estimate of drug-likeness (QED) is 0.404. The fourth-order valence-corrected chi connectivity index (χ4v) is 3.66. The molecule has 0 spiro atoms. The van der Waals surface area contributed by atoms with Gasteiger partial charge in [-0.3, -0.25) is 9.59 Å². The lowest BCUT2D eigenvalue weighted by Gasteiger charge is -2.12. The van der Waals surface area contributed by atoms with Crippen molar-refractivity contribution in [1.82, 2.24) is 15.2 Å². The number of aromatic nitrogens is 1. The summed E-state index contributed by atoms with van der Waals surface area (Å²) in [5, 5.41) is 6.33. The smallest absolute Gasteiger partial charge is 0.268 e. The molecule has 0 saturated heterocycles. The van der Waals surface area contributed by atoms with Crippen LogP contribution < -0.4 is 15.4 Å². The molecule has 0 unspecified atom stereocenters. The van der Waals surface area contributed by atoms with E-state index >= 15 is 0 Å². The van der Waals surface area contributed by atoms with Crippen molar-refractivity contribution in [2.45, 2.75) is 6.54 Å². The van der Waals surface area contributed by atoms with Crippen LogP contribution in [0.25, 0.3) is 17.0 Å². The molecular weight excluding hydrogens is 433 g/mol. The highest BCUT2D eigenvalue weighted by Crippen LogP contribution is 2.22. The van der Waals surface area contributed by atoms with E-state index in [1.807, 2.05) is 54.2 Å². The van der Waals surface area contributed by atoms with Crippen LogP contribution in [0.2, 0.25) is 0 Å². The molecule has 4 aromatic rings. The molecule has 172 valence electrons. The molecule has 34 heavy (non-hydrogen) atoms. The van der Waals surface area contributed by atoms with Crippen LogP contribution >= 0.6 is 0 Å². The summed E-state index contributed by atoms with van der Waals surface area (Å²) in [5.41, 5.74) is 2.46. The molecule has 0 saturated carbocycles. The first kappa shape index (κ1) is 22.8. The summed E-state index contributed by atoms with van der Waals surface area (Å²) in [5.74, 6) is -1.15. The van der Waals surface area contributed by atoms with E-state index in [1.165, 1.54) is 18.2 Å². The Balaban J connectivity index is 1.63. The van der Waals surface area contributed by atoms with Gasteiger partial charge < -0.3 is 19.9 Å². The summed E-state index contributed by atoms with van der Waals surface area (Å²) >= 11 is 0. The number of carbonyl (C=O) groups is 2. The average Bonchev–Trinajstić information content (AvgIpc) is 3.18. The molecule has 0 aliphatic heterocycles. The molecule has 2 amide bonds. The Kier molecular flexibility index (Phi) is 6.73. The number of ether oxygens (including phenoxy) is 1. The molecule has 4 rings (SSSR count). The molecule has 0 atom stereocenters. The average molecular weight is 458 g/mol. The summed E-state index contributed by atoms with van der Waals surface area (Å²) in [6.07, 6.45) is 3.47. The Morgan fingerprint density at radius 3 is 2.44 bits per heavy atom. The third-order valence-corrected chi connectivity index (χ3v) is 5.45. The molecule has 0 aliphatic carbocycles. The Morgan fingerprint density at radius 1 is 1.00 bits per heavy atom. The third kappa shape index (κ3) is 4.99. The van der Waals surface area contributed by atoms with E-state index in [0.29, 0.717) is 5.75 Å². The monoisotopic (exact) mass is 457 g/mol. The van der Waals surface area contributed by atoms with Crippen LogP contribution in [0.15, 0.2) is 84.7 Å². The summed E-state index contributed by atoms with van der Waals surface area (Å²) in [6, 6.07) is 20.7. The molecular formula is C27H24FN3O3. The molecule has 0 bridgehead atoms. The molecule has 0 fully saturated rings. The number of benzene rings is 3. The molecule has 1 heterocycles. The van der Waals surface area contributed by atoms with Crippen molar-refractivity contribution in [3.63, 3.8) is 0 Å². The van der Waals surface area contributed by atoms with Crippen LogP contribution in [0.3, 0.4) is 0 Å². The van der Waals surface area contributed by atoms with E-state index in [0.717, 1.165) is 22.0 Å². The van der Waals surface area contributed by atoms with Crippen molar-refractivity contribution >= 4 is 28.8 Å². The van der Waals surface area contributed by atoms with Gasteiger partial charge in [0.1, 0.15) is 17.3 Å². The first-order chi connectivity index (χ1) is 16.5. The molecule has 0 radical (unpaired) electrons. The minimum absolute atomic E-state index is 0.0121. The number of carbonyl (C=O) groups excluding carboxylic acids is 2. The number of methoxy groups -OCH3 is 1. The Hall–Kier alpha value is -4.39. The van der Waals surface area contributed by atoms with Crippen molar-refractivity contribution in [2.24, 2.45) is 7.05 Å². The van der Waals surface area contributed by atoms with Crippen molar-refractivity contribution < 1.29 is 18.7 Å². The van der Waals surface area contributed by atoms with Gasteiger partial charge in [-0.1, -0.05) is 42.5 Å². The zero-order chi connectivity index (χ0) is 24.1. The lowest BCUT2D eigenvalue weighted by molar-refractivity contribution is -0.117. The minimum Gasteiger partial charge on any atom is -0.497 e. The van der Waals surface area contributed by atoms with Crippen molar-refractivity contribution in [3.8, 4) is 5.75 Å². The van der Waals surface area contributed by atoms with E-state index < -0.39 is 17.6 Å². The SMILES string of the molecule is COc1ccc(CNC(=O)C(=Cc2cn(C)c3ccccc23)NC(=O)c2ccccc2F)cc1. The van der Waals surface area contributed by atoms with Crippen LogP contribution in [0.1, 0.15) is 21.5 Å². The summed E-state index contributed by atoms with van der Waals surface area (Å²) in [6.45, 7) is 0.241. The van der Waals surface area contributed by atoms with Crippen LogP contribution in [0, 0.1) is 5.82 Å². The highest BCUT2D eigenvalue weighted by Gasteiger charge is 2.18. The van der Waals surface area contributed by atoms with E-state index in [-0.39, 0.29) is 17.8 Å². The number of amides is 2. The fraction of sp³-hybridized carbons (Fsp3) is 0.111. The van der Waals surface area contributed by atoms with Gasteiger partial charge in [0.05, 0.1) is 12.7 Å². The number of rotatable bonds is 7. The lowest BCUT2D eigenvalue weighted by Crippen LogP contribution is -2.35. The molecule has 3 aromatic carbocycles. The second-order valence-corrected chi connectivity index (χ2v) is 7.74. The van der Waals surface area contributed by atoms with Gasteiger partial charge in [-0.2, -0.15) is 0 Å². The summed E-state index contributed by atoms with van der Waals surface area (Å²) in [4.78, 5) is 25.9. The summed E-state index contributed by atoms with van der Waals surface area (Å²) < 4.78 is 21.3. The molecule has 6 nitrogen and oxygen atoms in total. The standard InChI is InChI=1S/C27H24FN3O3/c1-31-17-19(21-7-4-6-10-25(21)31)15-24(30-26(32)22-8-3-5-9-23(22)28)27(33)29-16-18-11-13-20(34-2)14-12-18/h3-15,17H,16H2,1-2H3,(H,29,33)(H,30,32). The molecule has 7 heteroatoms. The number of halogens is 1. The van der Waals surface area contributed by atoms with E-state index in [9.17, 15) is 14.0 Å². The number of nitrogens with zero attached hydrogens (tertiary/aromatic N) is 1. The largest absolute Gasteiger partial charge is 0.497 e. The second kappa shape index (κ2) is 10.0. The topological polar surface area (TPSA) is 72.4 Å². The first-order valence-corrected chi connectivity index (χ1v) is 10.7. The van der Waals surface area contributed by atoms with Crippen molar-refractivity contribution in [1.29, 1.82) is 0 Å². The zero-order valence-corrected chi connectivity index (χ0v) is 18.8. The zero-order valence-electron chi connectivity index (χ0n) is 18.8. The number of para-hydroxylation sites is 1. The minimum atomic E-state index is -0.704. The van der Waals surface area contributed by atoms with Gasteiger partial charge >= 0.3 is 0 Å². The number of hydrogen-bond donors (Lipinski definition) is 2. The van der Waals surface area contributed by atoms with Gasteiger partial charge in [-0.25, -0.2) is 4.39 Å². The summed E-state index contributed by atoms with van der Waals surface area (Å²) in [7, 11) is 3.49. The van der Waals surface area contributed by atoms with Crippen LogP contribution in [0.5, 0.6) is 5.75 Å². The van der Waals surface area contributed by atoms with Gasteiger partial charge in [0.15, 0.2) is 0 Å². The molecule has 1 aromatic heterocycles. The number of nitrogens with one attached hydrogen (secondary N) is 2. The number of hydrogen-bond acceptors (Lipinski definition) is 3.